The number of nitrogen functional groups attached to an aromatic ring is 1. The van der Waals surface area contributed by atoms with E-state index < -0.39 is 0 Å². The third kappa shape index (κ3) is 2.85. The summed E-state index contributed by atoms with van der Waals surface area (Å²) in [5, 5.41) is 24.8. The average molecular weight is 279 g/mol. The summed E-state index contributed by atoms with van der Waals surface area (Å²) in [6.45, 7) is 2.41. The molecular formula is C15H13N5O. The van der Waals surface area contributed by atoms with Gasteiger partial charge in [-0.05, 0) is 19.1 Å². The number of anilines is 1. The zero-order chi connectivity index (χ0) is 15.2. The molecule has 0 radical (unpaired) electrons. The Morgan fingerprint density at radius 2 is 2.19 bits per heavy atom. The number of aromatic amines is 1. The maximum Gasteiger partial charge on any atom is 0.163 e. The van der Waals surface area contributed by atoms with Gasteiger partial charge >= 0.3 is 0 Å². The second kappa shape index (κ2) is 6.27. The van der Waals surface area contributed by atoms with Gasteiger partial charge in [0.1, 0.15) is 23.5 Å². The summed E-state index contributed by atoms with van der Waals surface area (Å²) in [5.74, 6) is 0.741. The van der Waals surface area contributed by atoms with E-state index in [1.165, 1.54) is 0 Å². The van der Waals surface area contributed by atoms with Crippen molar-refractivity contribution in [3.05, 3.63) is 41.1 Å². The van der Waals surface area contributed by atoms with Gasteiger partial charge in [0.05, 0.1) is 17.9 Å². The normalized spacial score (nSPS) is 10.7. The molecule has 1 aromatic heterocycles. The zero-order valence-electron chi connectivity index (χ0n) is 11.4. The van der Waals surface area contributed by atoms with Crippen molar-refractivity contribution in [2.24, 2.45) is 0 Å². The molecule has 2 rings (SSSR count). The monoisotopic (exact) mass is 279 g/mol. The van der Waals surface area contributed by atoms with Crippen molar-refractivity contribution in [3.63, 3.8) is 0 Å². The van der Waals surface area contributed by atoms with Crippen LogP contribution < -0.4 is 10.5 Å². The highest BCUT2D eigenvalue weighted by Crippen LogP contribution is 2.26. The van der Waals surface area contributed by atoms with Crippen LogP contribution in [0.25, 0.3) is 11.6 Å². The number of rotatable bonds is 4. The van der Waals surface area contributed by atoms with E-state index in [2.05, 4.69) is 16.3 Å². The van der Waals surface area contributed by atoms with E-state index in [1.54, 1.807) is 6.08 Å². The van der Waals surface area contributed by atoms with Crippen molar-refractivity contribution in [1.29, 1.82) is 10.5 Å². The minimum Gasteiger partial charge on any atom is -0.493 e. The highest BCUT2D eigenvalue weighted by atomic mass is 16.5. The Morgan fingerprint density at radius 3 is 2.86 bits per heavy atom. The fraction of sp³-hybridized carbons (Fsp3) is 0.133. The summed E-state index contributed by atoms with van der Waals surface area (Å²) in [6, 6.07) is 11.3. The molecule has 0 spiro atoms. The molecule has 0 aliphatic rings. The average Bonchev–Trinajstić information content (AvgIpc) is 2.87. The van der Waals surface area contributed by atoms with Gasteiger partial charge in [-0.2, -0.15) is 15.6 Å². The van der Waals surface area contributed by atoms with E-state index in [-0.39, 0.29) is 17.0 Å². The Morgan fingerprint density at radius 1 is 1.43 bits per heavy atom. The highest BCUT2D eigenvalue weighted by Gasteiger charge is 2.15. The minimum absolute atomic E-state index is 0.0757. The number of hydrogen-bond acceptors (Lipinski definition) is 5. The van der Waals surface area contributed by atoms with Gasteiger partial charge in [-0.3, -0.25) is 5.10 Å². The van der Waals surface area contributed by atoms with Crippen molar-refractivity contribution < 1.29 is 4.74 Å². The standard InChI is InChI=1S/C15H13N5O/c1-2-21-13-6-4-3-5-10(13)7-11(8-16)14-12(9-17)15(18)20-19-14/h3-7H,2H2,1H3,(H3,18,19,20)/b11-7+. The van der Waals surface area contributed by atoms with Crippen LogP contribution in [0.3, 0.4) is 0 Å². The molecule has 0 saturated heterocycles. The third-order valence-corrected chi connectivity index (χ3v) is 2.81. The molecule has 1 heterocycles. The van der Waals surface area contributed by atoms with Gasteiger partial charge in [0.25, 0.3) is 0 Å². The van der Waals surface area contributed by atoms with E-state index in [4.69, 9.17) is 15.7 Å². The second-order valence-corrected chi connectivity index (χ2v) is 4.11. The first kappa shape index (κ1) is 14.2. The number of nitrogens with zero attached hydrogens (tertiary/aromatic N) is 3. The Labute approximate surface area is 122 Å². The highest BCUT2D eigenvalue weighted by molar-refractivity contribution is 5.92. The molecule has 6 heteroatoms. The number of nitriles is 2. The summed E-state index contributed by atoms with van der Waals surface area (Å²) in [7, 11) is 0. The Hall–Kier alpha value is -3.25. The van der Waals surface area contributed by atoms with Gasteiger partial charge < -0.3 is 10.5 Å². The number of benzene rings is 1. The lowest BCUT2D eigenvalue weighted by molar-refractivity contribution is 0.339. The number of nitrogens with two attached hydrogens (primary N) is 1. The SMILES string of the molecule is CCOc1ccccc1/C=C(\C#N)c1[nH]nc(N)c1C#N. The quantitative estimate of drug-likeness (QED) is 0.834. The first-order valence-corrected chi connectivity index (χ1v) is 6.29. The topological polar surface area (TPSA) is 112 Å². The van der Waals surface area contributed by atoms with E-state index in [0.717, 1.165) is 5.56 Å². The Balaban J connectivity index is 2.52. The molecule has 3 N–H and O–H groups in total. The molecule has 0 fully saturated rings. The maximum atomic E-state index is 9.33. The van der Waals surface area contributed by atoms with Gasteiger partial charge in [0.2, 0.25) is 0 Å². The first-order chi connectivity index (χ1) is 10.2. The van der Waals surface area contributed by atoms with E-state index >= 15 is 0 Å². The summed E-state index contributed by atoms with van der Waals surface area (Å²) in [5.41, 5.74) is 7.07. The molecule has 0 unspecified atom stereocenters. The van der Waals surface area contributed by atoms with Gasteiger partial charge in [0.15, 0.2) is 5.82 Å². The summed E-state index contributed by atoms with van der Waals surface area (Å²) < 4.78 is 5.51. The number of hydrogen-bond donors (Lipinski definition) is 2. The molecule has 104 valence electrons. The van der Waals surface area contributed by atoms with E-state index in [1.807, 2.05) is 37.3 Å². The van der Waals surface area contributed by atoms with Gasteiger partial charge in [0, 0.05) is 5.56 Å². The molecule has 2 aromatic rings. The van der Waals surface area contributed by atoms with Crippen molar-refractivity contribution in [3.8, 4) is 17.9 Å². The second-order valence-electron chi connectivity index (χ2n) is 4.11. The van der Waals surface area contributed by atoms with Crippen molar-refractivity contribution >= 4 is 17.5 Å². The lowest BCUT2D eigenvalue weighted by atomic mass is 10.1. The van der Waals surface area contributed by atoms with Crippen LogP contribution in [0.2, 0.25) is 0 Å². The molecule has 21 heavy (non-hydrogen) atoms. The molecule has 1 aromatic carbocycles. The minimum atomic E-state index is 0.0757. The summed E-state index contributed by atoms with van der Waals surface area (Å²) in [4.78, 5) is 0. The number of aromatic nitrogens is 2. The van der Waals surface area contributed by atoms with Crippen LogP contribution in [0, 0.1) is 22.7 Å². The van der Waals surface area contributed by atoms with Crippen LogP contribution in [0.1, 0.15) is 23.7 Å². The Bertz CT molecular complexity index is 761. The van der Waals surface area contributed by atoms with Gasteiger partial charge in [-0.15, -0.1) is 0 Å². The van der Waals surface area contributed by atoms with Crippen molar-refractivity contribution in [2.75, 3.05) is 12.3 Å². The van der Waals surface area contributed by atoms with Crippen LogP contribution in [0.15, 0.2) is 24.3 Å². The summed E-state index contributed by atoms with van der Waals surface area (Å²) in [6.07, 6.45) is 1.64. The van der Waals surface area contributed by atoms with Crippen LogP contribution >= 0.6 is 0 Å². The van der Waals surface area contributed by atoms with E-state index in [0.29, 0.717) is 18.1 Å². The molecule has 0 saturated carbocycles. The molecule has 0 aliphatic carbocycles. The van der Waals surface area contributed by atoms with Crippen molar-refractivity contribution in [1.82, 2.24) is 10.2 Å². The molecule has 0 aliphatic heterocycles. The smallest absolute Gasteiger partial charge is 0.163 e. The number of H-pyrrole nitrogens is 1. The van der Waals surface area contributed by atoms with Crippen LogP contribution in [0.5, 0.6) is 5.75 Å². The maximum absolute atomic E-state index is 9.33. The zero-order valence-corrected chi connectivity index (χ0v) is 11.4. The van der Waals surface area contributed by atoms with Crippen LogP contribution in [-0.4, -0.2) is 16.8 Å². The van der Waals surface area contributed by atoms with Gasteiger partial charge in [-0.25, -0.2) is 0 Å². The van der Waals surface area contributed by atoms with Gasteiger partial charge in [-0.1, -0.05) is 18.2 Å². The molecule has 0 atom stereocenters. The molecule has 6 nitrogen and oxygen atoms in total. The summed E-state index contributed by atoms with van der Waals surface area (Å²) >= 11 is 0. The fourth-order valence-electron chi connectivity index (χ4n) is 1.87. The van der Waals surface area contributed by atoms with Crippen LogP contribution in [-0.2, 0) is 0 Å². The fourth-order valence-corrected chi connectivity index (χ4v) is 1.87. The third-order valence-electron chi connectivity index (χ3n) is 2.81. The molecule has 0 bridgehead atoms. The van der Waals surface area contributed by atoms with Crippen molar-refractivity contribution in [2.45, 2.75) is 6.92 Å². The van der Waals surface area contributed by atoms with Crippen LogP contribution in [0.4, 0.5) is 5.82 Å². The predicted molar refractivity (Wildman–Crippen MR) is 78.8 cm³/mol. The Kier molecular flexibility index (Phi) is 4.23. The number of nitrogens with one attached hydrogen (secondary N) is 1. The number of para-hydroxylation sites is 1. The predicted octanol–water partition coefficient (Wildman–Crippen LogP) is 2.33. The molecular weight excluding hydrogens is 266 g/mol. The largest absolute Gasteiger partial charge is 0.493 e. The number of ether oxygens (including phenoxy) is 1. The number of allylic oxidation sites excluding steroid dienone is 1. The molecule has 0 amide bonds. The van der Waals surface area contributed by atoms with E-state index in [9.17, 15) is 5.26 Å². The lowest BCUT2D eigenvalue weighted by Gasteiger charge is -2.06. The lowest BCUT2D eigenvalue weighted by Crippen LogP contribution is -1.94. The first-order valence-electron chi connectivity index (χ1n) is 6.29.